The molecule has 110 valence electrons. The smallest absolute Gasteiger partial charge is 0.0408 e. The molecule has 2 aromatic carbocycles. The van der Waals surface area contributed by atoms with Crippen molar-refractivity contribution in [3.05, 3.63) is 64.7 Å². The number of hydrogen-bond donors (Lipinski definition) is 1. The second-order valence-electron chi connectivity index (χ2n) is 5.72. The molecular weight excluding hydrogens is 298 g/mol. The number of fused-ring (bicyclic) bond motifs is 1. The van der Waals surface area contributed by atoms with Gasteiger partial charge in [-0.1, -0.05) is 41.9 Å². The van der Waals surface area contributed by atoms with Crippen LogP contribution >= 0.6 is 23.4 Å². The Morgan fingerprint density at radius 1 is 1.19 bits per heavy atom. The largest absolute Gasteiger partial charge is 0.330 e. The van der Waals surface area contributed by atoms with Crippen LogP contribution in [0.25, 0.3) is 0 Å². The Kier molecular flexibility index (Phi) is 4.89. The summed E-state index contributed by atoms with van der Waals surface area (Å²) in [6.07, 6.45) is 2.17. The van der Waals surface area contributed by atoms with Gasteiger partial charge in [-0.2, -0.15) is 0 Å². The second-order valence-corrected chi connectivity index (χ2v) is 7.22. The van der Waals surface area contributed by atoms with Gasteiger partial charge in [0, 0.05) is 15.7 Å². The number of hydrogen-bond acceptors (Lipinski definition) is 2. The number of nitrogens with two attached hydrogens (primary N) is 1. The van der Waals surface area contributed by atoms with Gasteiger partial charge in [0.05, 0.1) is 0 Å². The average molecular weight is 318 g/mol. The topological polar surface area (TPSA) is 26.0 Å². The molecule has 1 aliphatic rings. The van der Waals surface area contributed by atoms with Gasteiger partial charge in [0.1, 0.15) is 0 Å². The summed E-state index contributed by atoms with van der Waals surface area (Å²) < 4.78 is 0. The molecule has 0 saturated carbocycles. The number of thioether (sulfide) groups is 1. The summed E-state index contributed by atoms with van der Waals surface area (Å²) in [4.78, 5) is 1.45. The number of halogens is 1. The highest BCUT2D eigenvalue weighted by Gasteiger charge is 2.25. The first kappa shape index (κ1) is 15.0. The molecule has 0 spiro atoms. The van der Waals surface area contributed by atoms with Gasteiger partial charge in [-0.3, -0.25) is 0 Å². The monoisotopic (exact) mass is 317 g/mol. The summed E-state index contributed by atoms with van der Waals surface area (Å²) in [6, 6.07) is 16.9. The molecule has 0 aliphatic carbocycles. The van der Waals surface area contributed by atoms with Gasteiger partial charge in [-0.25, -0.2) is 0 Å². The van der Waals surface area contributed by atoms with Crippen molar-refractivity contribution in [1.82, 2.24) is 0 Å². The maximum Gasteiger partial charge on any atom is 0.0408 e. The summed E-state index contributed by atoms with van der Waals surface area (Å²) in [6.45, 7) is 0.732. The predicted molar refractivity (Wildman–Crippen MR) is 92.2 cm³/mol. The third-order valence-corrected chi connectivity index (χ3v) is 5.65. The Morgan fingerprint density at radius 3 is 2.86 bits per heavy atom. The Balaban J connectivity index is 1.68. The molecule has 0 radical (unpaired) electrons. The van der Waals surface area contributed by atoms with Crippen LogP contribution in [0, 0.1) is 5.92 Å². The van der Waals surface area contributed by atoms with Gasteiger partial charge in [-0.05, 0) is 60.5 Å². The van der Waals surface area contributed by atoms with E-state index in [9.17, 15) is 0 Å². The molecule has 0 aromatic heterocycles. The maximum atomic E-state index is 6.07. The summed E-state index contributed by atoms with van der Waals surface area (Å²) in [5.41, 5.74) is 8.81. The molecule has 21 heavy (non-hydrogen) atoms. The van der Waals surface area contributed by atoms with Crippen molar-refractivity contribution in [2.45, 2.75) is 23.7 Å². The van der Waals surface area contributed by atoms with Crippen molar-refractivity contribution in [3.63, 3.8) is 0 Å². The van der Waals surface area contributed by atoms with Gasteiger partial charge >= 0.3 is 0 Å². The van der Waals surface area contributed by atoms with E-state index in [-0.39, 0.29) is 0 Å². The SMILES string of the molecule is NCC(Cc1cccc(Cl)c1)CC1CSc2ccccc21. The van der Waals surface area contributed by atoms with Gasteiger partial charge in [0.15, 0.2) is 0 Å². The van der Waals surface area contributed by atoms with Gasteiger partial charge in [0.2, 0.25) is 0 Å². The first-order valence-corrected chi connectivity index (χ1v) is 8.79. The summed E-state index contributed by atoms with van der Waals surface area (Å²) in [5.74, 6) is 2.34. The quantitative estimate of drug-likeness (QED) is 0.862. The summed E-state index contributed by atoms with van der Waals surface area (Å²) >= 11 is 8.05. The van der Waals surface area contributed by atoms with E-state index in [0.29, 0.717) is 11.8 Å². The van der Waals surface area contributed by atoms with Gasteiger partial charge < -0.3 is 5.73 Å². The van der Waals surface area contributed by atoms with Crippen LogP contribution in [0.1, 0.15) is 23.5 Å². The van der Waals surface area contributed by atoms with Crippen molar-refractivity contribution >= 4 is 23.4 Å². The van der Waals surface area contributed by atoms with Crippen LogP contribution in [0.4, 0.5) is 0 Å². The van der Waals surface area contributed by atoms with Crippen molar-refractivity contribution in [2.24, 2.45) is 11.7 Å². The molecule has 1 aliphatic heterocycles. The molecule has 2 aromatic rings. The minimum absolute atomic E-state index is 0.514. The molecule has 3 heteroatoms. The molecule has 0 amide bonds. The second kappa shape index (κ2) is 6.87. The fourth-order valence-corrected chi connectivity index (χ4v) is 4.57. The summed E-state index contributed by atoms with van der Waals surface area (Å²) in [5, 5.41) is 0.810. The molecule has 0 bridgehead atoms. The van der Waals surface area contributed by atoms with Crippen molar-refractivity contribution in [3.8, 4) is 0 Å². The van der Waals surface area contributed by atoms with Crippen LogP contribution in [-0.4, -0.2) is 12.3 Å². The highest BCUT2D eigenvalue weighted by atomic mass is 35.5. The van der Waals surface area contributed by atoms with E-state index < -0.39 is 0 Å². The van der Waals surface area contributed by atoms with Crippen LogP contribution in [0.3, 0.4) is 0 Å². The molecule has 0 saturated heterocycles. The lowest BCUT2D eigenvalue weighted by molar-refractivity contribution is 0.457. The van der Waals surface area contributed by atoms with Gasteiger partial charge in [0.25, 0.3) is 0 Å². The minimum Gasteiger partial charge on any atom is -0.330 e. The Morgan fingerprint density at radius 2 is 2.05 bits per heavy atom. The Labute approximate surface area is 135 Å². The number of benzene rings is 2. The lowest BCUT2D eigenvalue weighted by Crippen LogP contribution is -2.20. The van der Waals surface area contributed by atoms with Gasteiger partial charge in [-0.15, -0.1) is 11.8 Å². The van der Waals surface area contributed by atoms with E-state index in [1.165, 1.54) is 21.8 Å². The zero-order chi connectivity index (χ0) is 14.7. The maximum absolute atomic E-state index is 6.07. The molecule has 2 atom stereocenters. The van der Waals surface area contributed by atoms with E-state index >= 15 is 0 Å². The lowest BCUT2D eigenvalue weighted by atomic mass is 9.87. The zero-order valence-corrected chi connectivity index (χ0v) is 13.5. The summed E-state index contributed by atoms with van der Waals surface area (Å²) in [7, 11) is 0. The van der Waals surface area contributed by atoms with E-state index in [0.717, 1.165) is 24.4 Å². The van der Waals surface area contributed by atoms with Crippen LogP contribution in [0.15, 0.2) is 53.4 Å². The Hall–Kier alpha value is -0.960. The first-order valence-electron chi connectivity index (χ1n) is 7.42. The molecule has 2 unspecified atom stereocenters. The molecular formula is C18H20ClNS. The zero-order valence-electron chi connectivity index (χ0n) is 12.0. The van der Waals surface area contributed by atoms with E-state index in [2.05, 4.69) is 36.4 Å². The standard InChI is InChI=1S/C18H20ClNS/c19-16-5-3-4-13(10-16)8-14(11-20)9-15-12-21-18-7-2-1-6-17(15)18/h1-7,10,14-15H,8-9,11-12,20H2. The molecule has 0 fully saturated rings. The third-order valence-electron chi connectivity index (χ3n) is 4.16. The molecule has 1 nitrogen and oxygen atoms in total. The van der Waals surface area contributed by atoms with Crippen molar-refractivity contribution in [2.75, 3.05) is 12.3 Å². The minimum atomic E-state index is 0.514. The highest BCUT2D eigenvalue weighted by molar-refractivity contribution is 7.99. The fraction of sp³-hybridized carbons (Fsp3) is 0.333. The third kappa shape index (κ3) is 3.63. The molecule has 1 heterocycles. The van der Waals surface area contributed by atoms with Crippen molar-refractivity contribution < 1.29 is 0 Å². The van der Waals surface area contributed by atoms with Crippen LogP contribution in [0.2, 0.25) is 5.02 Å². The van der Waals surface area contributed by atoms with E-state index in [1.807, 2.05) is 23.9 Å². The van der Waals surface area contributed by atoms with E-state index in [1.54, 1.807) is 0 Å². The van der Waals surface area contributed by atoms with E-state index in [4.69, 9.17) is 17.3 Å². The first-order chi connectivity index (χ1) is 10.3. The predicted octanol–water partition coefficient (Wildman–Crippen LogP) is 4.74. The Bertz CT molecular complexity index is 614. The van der Waals surface area contributed by atoms with Crippen LogP contribution < -0.4 is 5.73 Å². The lowest BCUT2D eigenvalue weighted by Gasteiger charge is -2.19. The molecule has 2 N–H and O–H groups in total. The number of rotatable bonds is 5. The molecule has 3 rings (SSSR count). The highest BCUT2D eigenvalue weighted by Crippen LogP contribution is 2.42. The fourth-order valence-electron chi connectivity index (χ4n) is 3.09. The average Bonchev–Trinajstić information content (AvgIpc) is 2.90. The van der Waals surface area contributed by atoms with Crippen LogP contribution in [0.5, 0.6) is 0 Å². The normalized spacial score (nSPS) is 18.5. The van der Waals surface area contributed by atoms with Crippen LogP contribution in [-0.2, 0) is 6.42 Å². The van der Waals surface area contributed by atoms with Crippen molar-refractivity contribution in [1.29, 1.82) is 0 Å².